The molecule has 24 nitrogen and oxygen atoms in total. The quantitative estimate of drug-likeness (QED) is 0.0143. The van der Waals surface area contributed by atoms with Crippen LogP contribution in [0.3, 0.4) is 0 Å². The van der Waals surface area contributed by atoms with E-state index in [1.165, 1.54) is 244 Å². The van der Waals surface area contributed by atoms with Gasteiger partial charge in [0.05, 0.1) is 0 Å². The van der Waals surface area contributed by atoms with E-state index in [9.17, 15) is 0 Å². The maximum atomic E-state index is 6.60. The fraction of sp³-hybridized carbons (Fsp3) is 0.920. The second-order valence-electron chi connectivity index (χ2n) is 26.9. The number of aromatic nitrogens is 9. The number of nitrogens with zero attached hydrogens (tertiary/aromatic N) is 14. The summed E-state index contributed by atoms with van der Waals surface area (Å²) < 4.78 is 0. The summed E-state index contributed by atoms with van der Waals surface area (Å²) >= 11 is 38.5. The summed E-state index contributed by atoms with van der Waals surface area (Å²) in [5, 5.41) is 24.3. The maximum absolute atomic E-state index is 6.60. The van der Waals surface area contributed by atoms with Gasteiger partial charge < -0.3 is 52.3 Å². The van der Waals surface area contributed by atoms with Gasteiger partial charge in [0.25, 0.3) is 0 Å². The molecule has 0 radical (unpaired) electrons. The van der Waals surface area contributed by atoms with E-state index in [0.717, 1.165) is 71.4 Å². The molecular weight excluding hydrogens is 1940 g/mol. The first-order valence-corrected chi connectivity index (χ1v) is 47.5. The van der Waals surface area contributed by atoms with Crippen LogP contribution < -0.4 is 63.2 Å². The van der Waals surface area contributed by atoms with Crippen LogP contribution in [0.1, 0.15) is 536 Å². The lowest BCUT2D eigenvalue weighted by Crippen LogP contribution is -2.31. The van der Waals surface area contributed by atoms with Crippen molar-refractivity contribution in [2.24, 2.45) is 0 Å². The van der Waals surface area contributed by atoms with Crippen LogP contribution in [-0.4, -0.2) is 238 Å². The third-order valence-corrected chi connectivity index (χ3v) is 16.3. The summed E-state index contributed by atoms with van der Waals surface area (Å²) in [4.78, 5) is 46.3. The van der Waals surface area contributed by atoms with E-state index in [4.69, 9.17) is 86.2 Å². The molecule has 924 valence electrons. The number of unbranched alkanes of at least 4 members (excludes halogenated alkanes) is 30. The highest BCUT2D eigenvalue weighted by Crippen LogP contribution is 2.22. The highest BCUT2D eigenvalue weighted by Gasteiger charge is 2.18. The molecule has 0 saturated heterocycles. The molecule has 0 aliphatic rings. The summed E-state index contributed by atoms with van der Waals surface area (Å²) in [6.45, 7) is 40.9. The van der Waals surface area contributed by atoms with Crippen molar-refractivity contribution in [1.82, 2.24) is 113 Å². The molecule has 0 bridgehead atoms. The van der Waals surface area contributed by atoms with E-state index in [1.807, 2.05) is 133 Å². The molecule has 144 heavy (non-hydrogen) atoms. The highest BCUT2D eigenvalue weighted by atomic mass is 35.5. The van der Waals surface area contributed by atoms with Crippen molar-refractivity contribution in [2.45, 2.75) is 536 Å². The van der Waals surface area contributed by atoms with E-state index in [1.54, 1.807) is 0 Å². The van der Waals surface area contributed by atoms with Gasteiger partial charge in [-0.2, -0.15) is 44.9 Å². The largest absolute Gasteiger partial charge is 0.341 e. The zero-order valence-electron chi connectivity index (χ0n) is 80.6. The Morgan fingerprint density at radius 3 is 0.465 bits per heavy atom. The Kier molecular flexibility index (Phi) is 455. The number of anilines is 2. The molecule has 0 saturated carbocycles. The van der Waals surface area contributed by atoms with Crippen LogP contribution in [0.4, 0.5) is 11.9 Å². The fourth-order valence-corrected chi connectivity index (χ4v) is 11.1. The number of nitrogens with one attached hydrogen (secondary N) is 10. The lowest BCUT2D eigenvalue weighted by molar-refractivity contribution is 0.245. The van der Waals surface area contributed by atoms with Gasteiger partial charge in [-0.3, -0.25) is 25.6 Å². The summed E-state index contributed by atoms with van der Waals surface area (Å²) in [5.41, 5.74) is 5.36. The number of hydrogen-bond acceptors (Lipinski definition) is 24. The second kappa shape index (κ2) is 246. The van der Waals surface area contributed by atoms with Gasteiger partial charge in [-0.05, 0) is 239 Å². The first kappa shape index (κ1) is 266. The van der Waals surface area contributed by atoms with Crippen molar-refractivity contribution in [3.8, 4) is 0 Å². The Balaban J connectivity index is -0.0000000248. The summed E-state index contributed by atoms with van der Waals surface area (Å²) in [7, 11) is 29.2. The summed E-state index contributed by atoms with van der Waals surface area (Å²) in [6, 6.07) is 0. The molecule has 0 aromatic carbocycles. The van der Waals surface area contributed by atoms with Crippen LogP contribution in [0.2, 0.25) is 37.0 Å². The molecule has 0 spiro atoms. The molecule has 0 unspecified atom stereocenters. The van der Waals surface area contributed by atoms with E-state index in [0.29, 0.717) is 5.28 Å². The number of hydrogen-bond donors (Lipinski definition) is 10. The molecular formula is C113H303Cl7N24. The van der Waals surface area contributed by atoms with Gasteiger partial charge in [-0.1, -0.05) is 498 Å². The van der Waals surface area contributed by atoms with Crippen molar-refractivity contribution in [3.05, 3.63) is 37.0 Å². The topological polar surface area (TPSA) is 253 Å². The Bertz CT molecular complexity index is 1900. The predicted octanol–water partition coefficient (Wildman–Crippen LogP) is 39.7. The van der Waals surface area contributed by atoms with Crippen molar-refractivity contribution in [1.29, 1.82) is 0 Å². The molecule has 0 amide bonds. The standard InChI is InChI=1S/C35H68ClN5.C16H35N.C5H14N2.C4H12N2.2C3Cl3N3.3C3H10N2.C2H8N2.4C2H6.28CH4/c1-5-9-13-17-21-25-29-40(30-26-22-18-14-10-6-2)34-37-33(36)38-35(39-34)41(31-27-23-19-15-11-7-3)32-28-24-20-16-12-8-4;1-3-5-7-9-11-13-15-17-16-14-12-10-8-6-4-2;1-6(2)5-7(3)4;1-5-4-6(2)3;2*4-1-7-2(5)9-3(6)8-1;3*1-4-3-5-2;1-3-4-2;4*1-2;;;;;;;;;;;;;;;;;;;;;;;;;;;;/h5-32H2,1-4H3;17H,3-16H2,1-2H3;5H2,1-4H3;5H,4H2,1-3H3;;;3*4-5H,3H2,1-2H3;3-4H,1-2H3;4*1-2H3;28*1H4. The Labute approximate surface area is 960 Å². The minimum absolute atomic E-state index is 0. The molecule has 10 N–H and O–H groups in total. The molecule has 0 aliphatic carbocycles. The van der Waals surface area contributed by atoms with Gasteiger partial charge in [0.2, 0.25) is 48.9 Å². The van der Waals surface area contributed by atoms with Crippen molar-refractivity contribution in [3.63, 3.8) is 0 Å². The third-order valence-electron chi connectivity index (χ3n) is 15.1. The zero-order valence-corrected chi connectivity index (χ0v) is 85.9. The average molecular weight is 2250 g/mol. The minimum atomic E-state index is 0. The number of halogens is 7. The average Bonchev–Trinajstić information content (AvgIpc) is 0.832. The maximum Gasteiger partial charge on any atom is 0.231 e. The van der Waals surface area contributed by atoms with Gasteiger partial charge >= 0.3 is 0 Å². The summed E-state index contributed by atoms with van der Waals surface area (Å²) in [6.07, 6.45) is 48.1. The zero-order chi connectivity index (χ0) is 90.8. The van der Waals surface area contributed by atoms with Crippen LogP contribution in [0.25, 0.3) is 0 Å². The first-order chi connectivity index (χ1) is 56.0. The van der Waals surface area contributed by atoms with Gasteiger partial charge in [0, 0.05) is 59.5 Å². The van der Waals surface area contributed by atoms with Crippen LogP contribution in [-0.2, 0) is 0 Å². The number of rotatable bonds is 55. The predicted molar refractivity (Wildman–Crippen MR) is 713 cm³/mol. The third kappa shape index (κ3) is 260. The Morgan fingerprint density at radius 2 is 0.347 bits per heavy atom. The van der Waals surface area contributed by atoms with Crippen LogP contribution in [0.15, 0.2) is 0 Å². The van der Waals surface area contributed by atoms with Crippen molar-refractivity contribution < 1.29 is 0 Å². The molecule has 3 aromatic rings. The van der Waals surface area contributed by atoms with Crippen molar-refractivity contribution >= 4 is 93.1 Å². The van der Waals surface area contributed by atoms with Gasteiger partial charge in [0.15, 0.2) is 0 Å². The lowest BCUT2D eigenvalue weighted by atomic mass is 10.1. The van der Waals surface area contributed by atoms with Crippen molar-refractivity contribution in [2.75, 3.05) is 188 Å². The Morgan fingerprint density at radius 1 is 0.194 bits per heavy atom. The second-order valence-corrected chi connectivity index (χ2v) is 29.2. The fourth-order valence-electron chi connectivity index (χ4n) is 9.77. The smallest absolute Gasteiger partial charge is 0.231 e. The van der Waals surface area contributed by atoms with E-state index in [2.05, 4.69) is 187 Å². The minimum Gasteiger partial charge on any atom is -0.341 e. The van der Waals surface area contributed by atoms with E-state index >= 15 is 0 Å². The molecule has 0 aliphatic heterocycles. The van der Waals surface area contributed by atoms with E-state index < -0.39 is 0 Å². The number of hydrazine groups is 1. The molecule has 3 aromatic heterocycles. The monoisotopic (exact) mass is 2240 g/mol. The molecule has 0 atom stereocenters. The summed E-state index contributed by atoms with van der Waals surface area (Å²) in [5.74, 6) is 1.58. The lowest BCUT2D eigenvalue weighted by Gasteiger charge is -2.26. The molecule has 3 rings (SSSR count). The normalized spacial score (nSPS) is 7.94. The van der Waals surface area contributed by atoms with E-state index in [-0.39, 0.29) is 240 Å². The van der Waals surface area contributed by atoms with Crippen LogP contribution >= 0.6 is 81.2 Å². The van der Waals surface area contributed by atoms with Gasteiger partial charge in [-0.25, -0.2) is 0 Å². The SMILES string of the molecule is C.C.C.C.C.C.C.C.C.C.C.C.C.C.C.C.C.C.C.C.C.C.C.C.C.C.C.C.CC.CC.CC.CC.CCCCCCCCN(CCCCCCCC)c1nc(Cl)nc(N(CCCCCCCC)CCCCCCCC)n1.CCCCCCCCNCCCCCCCC.CN(C)CN(C)C.CNCN(C)C.CNCNC.CNCNC.CNCNC.CNNC.Clc1nc(Cl)nc(Cl)n1.Clc1nc(Cl)nc(Cl)n1. The van der Waals surface area contributed by atoms with Gasteiger partial charge in [-0.15, -0.1) is 0 Å². The Hall–Kier alpha value is -1.86. The van der Waals surface area contributed by atoms with Gasteiger partial charge in [0.1, 0.15) is 0 Å². The highest BCUT2D eigenvalue weighted by molar-refractivity contribution is 6.34. The molecule has 0 fully saturated rings. The molecule has 3 heterocycles. The van der Waals surface area contributed by atoms with Crippen LogP contribution in [0, 0.1) is 0 Å². The van der Waals surface area contributed by atoms with Crippen LogP contribution in [0.5, 0.6) is 0 Å². The molecule has 31 heteroatoms. The first-order valence-electron chi connectivity index (χ1n) is 44.9.